The fraction of sp³-hybridized carbons (Fsp3) is 0.600. The first-order valence-electron chi connectivity index (χ1n) is 4.57. The summed E-state index contributed by atoms with van der Waals surface area (Å²) in [5.74, 6) is 0. The SMILES string of the molecule is C[C@H](O)c1cc2c(s1)CCCC2. The molecule has 0 aliphatic heterocycles. The van der Waals surface area contributed by atoms with Crippen molar-refractivity contribution < 1.29 is 5.11 Å². The molecule has 1 N–H and O–H groups in total. The van der Waals surface area contributed by atoms with Gasteiger partial charge in [-0.25, -0.2) is 0 Å². The minimum absolute atomic E-state index is 0.277. The third-order valence-corrected chi connectivity index (χ3v) is 3.83. The Morgan fingerprint density at radius 2 is 2.17 bits per heavy atom. The maximum absolute atomic E-state index is 9.38. The summed E-state index contributed by atoms with van der Waals surface area (Å²) in [5.41, 5.74) is 1.49. The van der Waals surface area contributed by atoms with Gasteiger partial charge < -0.3 is 5.11 Å². The van der Waals surface area contributed by atoms with E-state index < -0.39 is 0 Å². The number of hydrogen-bond donors (Lipinski definition) is 1. The summed E-state index contributed by atoms with van der Waals surface area (Å²) in [5, 5.41) is 9.38. The molecular weight excluding hydrogens is 168 g/mol. The van der Waals surface area contributed by atoms with Crippen LogP contribution in [-0.2, 0) is 12.8 Å². The van der Waals surface area contributed by atoms with Crippen LogP contribution < -0.4 is 0 Å². The first-order valence-corrected chi connectivity index (χ1v) is 5.38. The van der Waals surface area contributed by atoms with Crippen LogP contribution in [0.4, 0.5) is 0 Å². The van der Waals surface area contributed by atoms with Gasteiger partial charge in [-0.15, -0.1) is 11.3 Å². The van der Waals surface area contributed by atoms with Gasteiger partial charge in [0, 0.05) is 9.75 Å². The molecule has 0 spiro atoms. The lowest BCUT2D eigenvalue weighted by molar-refractivity contribution is 0.203. The lowest BCUT2D eigenvalue weighted by atomic mass is 9.99. The molecule has 1 aliphatic carbocycles. The summed E-state index contributed by atoms with van der Waals surface area (Å²) in [6, 6.07) is 2.18. The fourth-order valence-electron chi connectivity index (χ4n) is 1.72. The van der Waals surface area contributed by atoms with Crippen LogP contribution in [-0.4, -0.2) is 5.11 Å². The minimum atomic E-state index is -0.277. The molecule has 1 atom stereocenters. The van der Waals surface area contributed by atoms with Gasteiger partial charge >= 0.3 is 0 Å². The zero-order valence-corrected chi connectivity index (χ0v) is 8.16. The molecule has 1 heterocycles. The molecule has 66 valence electrons. The summed E-state index contributed by atoms with van der Waals surface area (Å²) < 4.78 is 0. The average molecular weight is 182 g/mol. The highest BCUT2D eigenvalue weighted by molar-refractivity contribution is 7.12. The quantitative estimate of drug-likeness (QED) is 0.708. The lowest BCUT2D eigenvalue weighted by Gasteiger charge is -2.08. The highest BCUT2D eigenvalue weighted by Gasteiger charge is 2.14. The maximum Gasteiger partial charge on any atom is 0.0854 e. The van der Waals surface area contributed by atoms with Crippen molar-refractivity contribution in [3.63, 3.8) is 0 Å². The Hall–Kier alpha value is -0.340. The van der Waals surface area contributed by atoms with E-state index in [-0.39, 0.29) is 6.10 Å². The molecule has 0 bridgehead atoms. The normalized spacial score (nSPS) is 18.8. The van der Waals surface area contributed by atoms with E-state index in [9.17, 15) is 5.11 Å². The standard InChI is InChI=1S/C10H14OS/c1-7(11)10-6-8-4-2-3-5-9(8)12-10/h6-7,11H,2-5H2,1H3/t7-/m0/s1. The third kappa shape index (κ3) is 1.41. The average Bonchev–Trinajstić information content (AvgIpc) is 2.46. The molecule has 0 saturated heterocycles. The summed E-state index contributed by atoms with van der Waals surface area (Å²) >= 11 is 1.79. The highest BCUT2D eigenvalue weighted by atomic mass is 32.1. The number of thiophene rings is 1. The molecule has 1 aromatic rings. The number of aryl methyl sites for hydroxylation is 2. The van der Waals surface area contributed by atoms with Crippen LogP contribution in [0.25, 0.3) is 0 Å². The number of rotatable bonds is 1. The van der Waals surface area contributed by atoms with Crippen LogP contribution in [0, 0.1) is 0 Å². The molecule has 1 aromatic heterocycles. The minimum Gasteiger partial charge on any atom is -0.388 e. The predicted molar refractivity (Wildman–Crippen MR) is 51.6 cm³/mol. The Kier molecular flexibility index (Phi) is 2.20. The van der Waals surface area contributed by atoms with E-state index in [1.165, 1.54) is 36.1 Å². The van der Waals surface area contributed by atoms with Crippen LogP contribution >= 0.6 is 11.3 Å². The van der Waals surface area contributed by atoms with Gasteiger partial charge in [-0.05, 0) is 44.2 Å². The summed E-state index contributed by atoms with van der Waals surface area (Å²) in [6.07, 6.45) is 4.82. The molecule has 0 unspecified atom stereocenters. The Morgan fingerprint density at radius 1 is 1.42 bits per heavy atom. The Morgan fingerprint density at radius 3 is 2.83 bits per heavy atom. The van der Waals surface area contributed by atoms with Gasteiger partial charge in [0.05, 0.1) is 6.10 Å². The molecule has 0 fully saturated rings. The van der Waals surface area contributed by atoms with Crippen molar-refractivity contribution in [1.29, 1.82) is 0 Å². The zero-order valence-electron chi connectivity index (χ0n) is 7.34. The highest BCUT2D eigenvalue weighted by Crippen LogP contribution is 2.32. The Bertz CT molecular complexity index is 252. The molecule has 0 aromatic carbocycles. The van der Waals surface area contributed by atoms with Crippen LogP contribution in [0.3, 0.4) is 0 Å². The zero-order chi connectivity index (χ0) is 8.55. The number of fused-ring (bicyclic) bond motifs is 1. The predicted octanol–water partition coefficient (Wildman–Crippen LogP) is 2.68. The summed E-state index contributed by atoms with van der Waals surface area (Å²) in [7, 11) is 0. The first-order chi connectivity index (χ1) is 5.77. The van der Waals surface area contributed by atoms with Crippen molar-refractivity contribution in [2.24, 2.45) is 0 Å². The van der Waals surface area contributed by atoms with Crippen molar-refractivity contribution in [1.82, 2.24) is 0 Å². The van der Waals surface area contributed by atoms with E-state index in [1.54, 1.807) is 11.3 Å². The summed E-state index contributed by atoms with van der Waals surface area (Å²) in [4.78, 5) is 2.65. The third-order valence-electron chi connectivity index (χ3n) is 2.43. The van der Waals surface area contributed by atoms with Crippen LogP contribution in [0.15, 0.2) is 6.07 Å². The van der Waals surface area contributed by atoms with Crippen LogP contribution in [0.5, 0.6) is 0 Å². The summed E-state index contributed by atoms with van der Waals surface area (Å²) in [6.45, 7) is 1.84. The van der Waals surface area contributed by atoms with E-state index in [4.69, 9.17) is 0 Å². The topological polar surface area (TPSA) is 20.2 Å². The van der Waals surface area contributed by atoms with Crippen LogP contribution in [0.2, 0.25) is 0 Å². The first kappa shape index (κ1) is 8.27. The molecular formula is C10H14OS. The van der Waals surface area contributed by atoms with Gasteiger partial charge in [0.1, 0.15) is 0 Å². The molecule has 1 nitrogen and oxygen atoms in total. The van der Waals surface area contributed by atoms with Crippen molar-refractivity contribution in [2.75, 3.05) is 0 Å². The smallest absolute Gasteiger partial charge is 0.0854 e. The fourth-order valence-corrected chi connectivity index (χ4v) is 2.91. The van der Waals surface area contributed by atoms with Crippen molar-refractivity contribution in [3.05, 3.63) is 21.4 Å². The van der Waals surface area contributed by atoms with E-state index in [2.05, 4.69) is 6.07 Å². The van der Waals surface area contributed by atoms with Crippen molar-refractivity contribution >= 4 is 11.3 Å². The van der Waals surface area contributed by atoms with E-state index in [0.717, 1.165) is 4.88 Å². The van der Waals surface area contributed by atoms with Gasteiger partial charge in [-0.3, -0.25) is 0 Å². The molecule has 0 saturated carbocycles. The molecule has 1 aliphatic rings. The van der Waals surface area contributed by atoms with Crippen LogP contribution in [0.1, 0.15) is 41.2 Å². The van der Waals surface area contributed by atoms with Gasteiger partial charge in [0.25, 0.3) is 0 Å². The largest absolute Gasteiger partial charge is 0.388 e. The second kappa shape index (κ2) is 3.19. The number of hydrogen-bond acceptors (Lipinski definition) is 2. The van der Waals surface area contributed by atoms with Gasteiger partial charge in [0.15, 0.2) is 0 Å². The van der Waals surface area contributed by atoms with Gasteiger partial charge in [-0.1, -0.05) is 0 Å². The van der Waals surface area contributed by atoms with Crippen molar-refractivity contribution in [2.45, 2.75) is 38.7 Å². The molecule has 0 amide bonds. The van der Waals surface area contributed by atoms with Crippen molar-refractivity contribution in [3.8, 4) is 0 Å². The second-order valence-corrected chi connectivity index (χ2v) is 4.65. The number of aliphatic hydroxyl groups excluding tert-OH is 1. The molecule has 2 rings (SSSR count). The molecule has 0 radical (unpaired) electrons. The molecule has 2 heteroatoms. The van der Waals surface area contributed by atoms with Gasteiger partial charge in [0.2, 0.25) is 0 Å². The lowest BCUT2D eigenvalue weighted by Crippen LogP contribution is -1.96. The van der Waals surface area contributed by atoms with E-state index in [0.29, 0.717) is 0 Å². The Balaban J connectivity index is 2.32. The van der Waals surface area contributed by atoms with Gasteiger partial charge in [-0.2, -0.15) is 0 Å². The van der Waals surface area contributed by atoms with E-state index >= 15 is 0 Å². The molecule has 12 heavy (non-hydrogen) atoms. The number of aliphatic hydroxyl groups is 1. The second-order valence-electron chi connectivity index (χ2n) is 3.48. The van der Waals surface area contributed by atoms with E-state index in [1.807, 2.05) is 6.92 Å². The monoisotopic (exact) mass is 182 g/mol. The maximum atomic E-state index is 9.38. The Labute approximate surface area is 77.0 Å².